The molecule has 0 aliphatic carbocycles. The van der Waals surface area contributed by atoms with Crippen LogP contribution >= 0.6 is 23.2 Å². The highest BCUT2D eigenvalue weighted by Gasteiger charge is 2.22. The summed E-state index contributed by atoms with van der Waals surface area (Å²) >= 11 is 12.2. The van der Waals surface area contributed by atoms with E-state index in [0.29, 0.717) is 43.3 Å². The Morgan fingerprint density at radius 1 is 1.07 bits per heavy atom. The molecule has 0 bridgehead atoms. The van der Waals surface area contributed by atoms with Crippen molar-refractivity contribution in [3.63, 3.8) is 0 Å². The summed E-state index contributed by atoms with van der Waals surface area (Å²) in [6.07, 6.45) is 0.492. The first-order valence-electron chi connectivity index (χ1n) is 9.37. The molecular formula is C20H20Cl2N4O4. The molecule has 1 aliphatic heterocycles. The summed E-state index contributed by atoms with van der Waals surface area (Å²) in [5, 5.41) is 14.1. The van der Waals surface area contributed by atoms with Gasteiger partial charge in [-0.3, -0.25) is 19.7 Å². The van der Waals surface area contributed by atoms with E-state index in [-0.39, 0.29) is 22.2 Å². The van der Waals surface area contributed by atoms with Crippen LogP contribution in [0.5, 0.6) is 0 Å². The Kier molecular flexibility index (Phi) is 6.79. The van der Waals surface area contributed by atoms with Crippen molar-refractivity contribution in [2.24, 2.45) is 0 Å². The highest BCUT2D eigenvalue weighted by atomic mass is 35.5. The number of hydrogen-bond acceptors (Lipinski definition) is 5. The molecule has 2 amide bonds. The van der Waals surface area contributed by atoms with Crippen LogP contribution in [0.15, 0.2) is 36.4 Å². The highest BCUT2D eigenvalue weighted by molar-refractivity contribution is 6.34. The highest BCUT2D eigenvalue weighted by Crippen LogP contribution is 2.30. The number of carbonyl (C=O) groups is 2. The maximum Gasteiger partial charge on any atom is 0.288 e. The zero-order valence-electron chi connectivity index (χ0n) is 16.2. The van der Waals surface area contributed by atoms with Gasteiger partial charge in [-0.05, 0) is 30.3 Å². The number of amides is 2. The molecule has 2 aromatic carbocycles. The van der Waals surface area contributed by atoms with Gasteiger partial charge in [0.1, 0.15) is 5.02 Å². The van der Waals surface area contributed by atoms with Crippen LogP contribution in [0, 0.1) is 10.1 Å². The number of nitro groups is 1. The van der Waals surface area contributed by atoms with Crippen molar-refractivity contribution in [2.75, 3.05) is 36.4 Å². The second-order valence-electron chi connectivity index (χ2n) is 6.77. The van der Waals surface area contributed by atoms with Gasteiger partial charge in [-0.25, -0.2) is 0 Å². The standard InChI is InChI=1S/C20H20Cl2N4O4/c1-2-19(27)25-9-7-24(8-10-25)17-6-4-14(12-16(17)22)23-20(28)13-3-5-15(21)18(11-13)26(29)30/h3-6,11-12H,2,7-10H2,1H3,(H,23,28). The van der Waals surface area contributed by atoms with Crippen LogP contribution < -0.4 is 10.2 Å². The molecule has 0 unspecified atom stereocenters. The Bertz CT molecular complexity index is 991. The summed E-state index contributed by atoms with van der Waals surface area (Å²) in [7, 11) is 0. The average Bonchev–Trinajstić information content (AvgIpc) is 2.73. The molecular weight excluding hydrogens is 431 g/mol. The van der Waals surface area contributed by atoms with Crippen LogP contribution in [0.25, 0.3) is 0 Å². The van der Waals surface area contributed by atoms with Crippen molar-refractivity contribution < 1.29 is 14.5 Å². The quantitative estimate of drug-likeness (QED) is 0.543. The van der Waals surface area contributed by atoms with Gasteiger partial charge >= 0.3 is 0 Å². The molecule has 0 aromatic heterocycles. The number of halogens is 2. The lowest BCUT2D eigenvalue weighted by Gasteiger charge is -2.36. The lowest BCUT2D eigenvalue weighted by Crippen LogP contribution is -2.48. The summed E-state index contributed by atoms with van der Waals surface area (Å²) < 4.78 is 0. The molecule has 0 radical (unpaired) electrons. The van der Waals surface area contributed by atoms with Gasteiger partial charge in [0.15, 0.2) is 0 Å². The van der Waals surface area contributed by atoms with Crippen LogP contribution in [0.4, 0.5) is 17.1 Å². The fraction of sp³-hybridized carbons (Fsp3) is 0.300. The number of hydrogen-bond donors (Lipinski definition) is 1. The second kappa shape index (κ2) is 9.32. The number of carbonyl (C=O) groups excluding carboxylic acids is 2. The Balaban J connectivity index is 1.69. The van der Waals surface area contributed by atoms with Gasteiger partial charge in [0.25, 0.3) is 11.6 Å². The molecule has 2 aromatic rings. The van der Waals surface area contributed by atoms with Crippen LogP contribution in [-0.4, -0.2) is 47.8 Å². The molecule has 1 aliphatic rings. The molecule has 1 fully saturated rings. The third-order valence-electron chi connectivity index (χ3n) is 4.89. The van der Waals surface area contributed by atoms with Gasteiger partial charge in [0.05, 0.1) is 15.6 Å². The minimum absolute atomic E-state index is 0.0373. The second-order valence-corrected chi connectivity index (χ2v) is 7.58. The molecule has 10 heteroatoms. The van der Waals surface area contributed by atoms with Crippen molar-refractivity contribution in [2.45, 2.75) is 13.3 Å². The SMILES string of the molecule is CCC(=O)N1CCN(c2ccc(NC(=O)c3ccc(Cl)c([N+](=O)[O-])c3)cc2Cl)CC1. The molecule has 0 saturated carbocycles. The first-order valence-corrected chi connectivity index (χ1v) is 10.1. The molecule has 0 spiro atoms. The van der Waals surface area contributed by atoms with E-state index < -0.39 is 10.8 Å². The summed E-state index contributed by atoms with van der Waals surface area (Å²) in [4.78, 5) is 38.6. The smallest absolute Gasteiger partial charge is 0.288 e. The van der Waals surface area contributed by atoms with Gasteiger partial charge < -0.3 is 15.1 Å². The van der Waals surface area contributed by atoms with Crippen molar-refractivity contribution in [1.82, 2.24) is 4.90 Å². The maximum atomic E-state index is 12.5. The fourth-order valence-electron chi connectivity index (χ4n) is 3.26. The zero-order valence-corrected chi connectivity index (χ0v) is 17.7. The lowest BCUT2D eigenvalue weighted by molar-refractivity contribution is -0.384. The van der Waals surface area contributed by atoms with Gasteiger partial charge in [0.2, 0.25) is 5.91 Å². The number of piperazine rings is 1. The zero-order chi connectivity index (χ0) is 21.8. The third-order valence-corrected chi connectivity index (χ3v) is 5.51. The summed E-state index contributed by atoms with van der Waals surface area (Å²) in [5.74, 6) is -0.369. The Morgan fingerprint density at radius 2 is 1.77 bits per heavy atom. The van der Waals surface area contributed by atoms with Crippen molar-refractivity contribution in [3.05, 3.63) is 62.1 Å². The van der Waals surface area contributed by atoms with Gasteiger partial charge in [0, 0.05) is 49.9 Å². The Morgan fingerprint density at radius 3 is 2.37 bits per heavy atom. The van der Waals surface area contributed by atoms with Crippen LogP contribution in [0.2, 0.25) is 10.0 Å². The topological polar surface area (TPSA) is 95.8 Å². The predicted molar refractivity (Wildman–Crippen MR) is 117 cm³/mol. The number of anilines is 2. The largest absolute Gasteiger partial charge is 0.367 e. The molecule has 30 heavy (non-hydrogen) atoms. The van der Waals surface area contributed by atoms with E-state index in [4.69, 9.17) is 23.2 Å². The number of nitrogens with one attached hydrogen (secondary N) is 1. The van der Waals surface area contributed by atoms with Gasteiger partial charge in [-0.2, -0.15) is 0 Å². The van der Waals surface area contributed by atoms with E-state index in [1.165, 1.54) is 12.1 Å². The summed E-state index contributed by atoms with van der Waals surface area (Å²) in [6.45, 7) is 4.46. The predicted octanol–water partition coefficient (Wildman–Crippen LogP) is 4.21. The first-order chi connectivity index (χ1) is 14.3. The van der Waals surface area contributed by atoms with Crippen molar-refractivity contribution in [3.8, 4) is 0 Å². The summed E-state index contributed by atoms with van der Waals surface area (Å²) in [5.41, 5.74) is 1.06. The number of benzene rings is 2. The molecule has 1 saturated heterocycles. The molecule has 1 N–H and O–H groups in total. The van der Waals surface area contributed by atoms with E-state index in [0.717, 1.165) is 11.8 Å². The van der Waals surface area contributed by atoms with Gasteiger partial charge in [-0.15, -0.1) is 0 Å². The minimum atomic E-state index is -0.640. The number of rotatable bonds is 5. The number of nitrogens with zero attached hydrogens (tertiary/aromatic N) is 3. The van der Waals surface area contributed by atoms with E-state index in [9.17, 15) is 19.7 Å². The fourth-order valence-corrected chi connectivity index (χ4v) is 3.75. The van der Waals surface area contributed by atoms with E-state index >= 15 is 0 Å². The molecule has 8 nitrogen and oxygen atoms in total. The van der Waals surface area contributed by atoms with E-state index in [1.54, 1.807) is 18.2 Å². The maximum absolute atomic E-state index is 12.5. The minimum Gasteiger partial charge on any atom is -0.367 e. The molecule has 1 heterocycles. The van der Waals surface area contributed by atoms with Gasteiger partial charge in [-0.1, -0.05) is 30.1 Å². The van der Waals surface area contributed by atoms with Crippen LogP contribution in [0.1, 0.15) is 23.7 Å². The first kappa shape index (κ1) is 21.9. The monoisotopic (exact) mass is 450 g/mol. The lowest BCUT2D eigenvalue weighted by atomic mass is 10.1. The summed E-state index contributed by atoms with van der Waals surface area (Å²) in [6, 6.07) is 9.01. The Hall–Kier alpha value is -2.84. The molecule has 158 valence electrons. The van der Waals surface area contributed by atoms with E-state index in [2.05, 4.69) is 10.2 Å². The van der Waals surface area contributed by atoms with E-state index in [1.807, 2.05) is 11.8 Å². The normalized spacial score (nSPS) is 13.8. The third kappa shape index (κ3) is 4.83. The molecule has 0 atom stereocenters. The average molecular weight is 451 g/mol. The van der Waals surface area contributed by atoms with Crippen LogP contribution in [0.3, 0.4) is 0 Å². The van der Waals surface area contributed by atoms with Crippen molar-refractivity contribution >= 4 is 52.1 Å². The molecule has 3 rings (SSSR count). The van der Waals surface area contributed by atoms with Crippen molar-refractivity contribution in [1.29, 1.82) is 0 Å². The van der Waals surface area contributed by atoms with Crippen LogP contribution in [-0.2, 0) is 4.79 Å². The number of nitro benzene ring substituents is 1. The Labute approximate surface area is 183 Å².